The summed E-state index contributed by atoms with van der Waals surface area (Å²) in [5.74, 6) is 0.748. The van der Waals surface area contributed by atoms with Gasteiger partial charge in [-0.15, -0.1) is 0 Å². The summed E-state index contributed by atoms with van der Waals surface area (Å²) in [4.78, 5) is 27.7. The van der Waals surface area contributed by atoms with Gasteiger partial charge < -0.3 is 18.8 Å². The number of rotatable bonds is 5. The number of hydrogen-bond donors (Lipinski definition) is 0. The molecule has 1 unspecified atom stereocenters. The zero-order chi connectivity index (χ0) is 23.1. The summed E-state index contributed by atoms with van der Waals surface area (Å²) in [5, 5.41) is 1.06. The molecule has 3 aromatic carbocycles. The van der Waals surface area contributed by atoms with Crippen LogP contribution in [0.2, 0.25) is 5.02 Å². The zero-order valence-electron chi connectivity index (χ0n) is 18.0. The van der Waals surface area contributed by atoms with Gasteiger partial charge in [0, 0.05) is 17.6 Å². The average molecular weight is 462 g/mol. The molecule has 0 saturated heterocycles. The molecule has 1 aliphatic heterocycles. The van der Waals surface area contributed by atoms with Crippen molar-refractivity contribution >= 4 is 28.5 Å². The fourth-order valence-electron chi connectivity index (χ4n) is 4.17. The van der Waals surface area contributed by atoms with E-state index in [-0.39, 0.29) is 23.7 Å². The number of halogens is 1. The number of para-hydroxylation sites is 1. The lowest BCUT2D eigenvalue weighted by Crippen LogP contribution is -2.25. The number of benzene rings is 3. The minimum Gasteiger partial charge on any atom is -0.493 e. The van der Waals surface area contributed by atoms with Gasteiger partial charge in [-0.2, -0.15) is 0 Å². The molecule has 1 atom stereocenters. The van der Waals surface area contributed by atoms with Gasteiger partial charge in [0.05, 0.1) is 24.1 Å². The quantitative estimate of drug-likeness (QED) is 0.408. The highest BCUT2D eigenvalue weighted by molar-refractivity contribution is 6.31. The molecule has 0 aliphatic carbocycles. The van der Waals surface area contributed by atoms with Gasteiger partial charge in [0.1, 0.15) is 12.2 Å². The summed E-state index contributed by atoms with van der Waals surface area (Å²) in [5.41, 5.74) is 2.07. The minimum absolute atomic E-state index is 0.0733. The molecule has 0 N–H and O–H groups in total. The lowest BCUT2D eigenvalue weighted by Gasteiger charge is -2.21. The van der Waals surface area contributed by atoms with Crippen LogP contribution < -0.4 is 14.9 Å². The highest BCUT2D eigenvalue weighted by atomic mass is 35.5. The van der Waals surface area contributed by atoms with E-state index in [1.54, 1.807) is 56.6 Å². The van der Waals surface area contributed by atoms with E-state index in [1.165, 1.54) is 4.90 Å². The van der Waals surface area contributed by atoms with Crippen molar-refractivity contribution in [1.82, 2.24) is 4.90 Å². The number of carbonyl (C=O) groups excluding carboxylic acids is 1. The summed E-state index contributed by atoms with van der Waals surface area (Å²) in [6, 6.07) is 19.2. The Kier molecular flexibility index (Phi) is 5.30. The molecule has 0 bridgehead atoms. The number of fused-ring (bicyclic) bond motifs is 2. The van der Waals surface area contributed by atoms with Crippen molar-refractivity contribution in [3.8, 4) is 11.5 Å². The first-order chi connectivity index (χ1) is 16.0. The van der Waals surface area contributed by atoms with Crippen molar-refractivity contribution in [3.63, 3.8) is 0 Å². The summed E-state index contributed by atoms with van der Waals surface area (Å²) in [6.07, 6.45) is 0. The SMILES string of the molecule is COc1cc(C2c3c(oc4ccccc4c3=O)C(=O)N2C)ccc1OCc1ccccc1Cl. The third-order valence-corrected chi connectivity index (χ3v) is 6.22. The van der Waals surface area contributed by atoms with Crippen molar-refractivity contribution in [2.75, 3.05) is 14.2 Å². The van der Waals surface area contributed by atoms with Crippen molar-refractivity contribution in [2.24, 2.45) is 0 Å². The molecule has 1 amide bonds. The number of amides is 1. The van der Waals surface area contributed by atoms with Crippen LogP contribution in [0.15, 0.2) is 75.9 Å². The third-order valence-electron chi connectivity index (χ3n) is 5.85. The van der Waals surface area contributed by atoms with Crippen LogP contribution >= 0.6 is 11.6 Å². The van der Waals surface area contributed by atoms with Gasteiger partial charge in [0.15, 0.2) is 16.9 Å². The van der Waals surface area contributed by atoms with Crippen LogP contribution in [0.4, 0.5) is 0 Å². The van der Waals surface area contributed by atoms with E-state index in [0.717, 1.165) is 5.56 Å². The van der Waals surface area contributed by atoms with Gasteiger partial charge in [-0.25, -0.2) is 0 Å². The van der Waals surface area contributed by atoms with Crippen LogP contribution in [0.3, 0.4) is 0 Å². The first-order valence-corrected chi connectivity index (χ1v) is 10.7. The predicted octanol–water partition coefficient (Wildman–Crippen LogP) is 5.21. The first-order valence-electron chi connectivity index (χ1n) is 10.4. The number of ether oxygens (including phenoxy) is 2. The van der Waals surface area contributed by atoms with Crippen LogP contribution in [0, 0.1) is 0 Å². The van der Waals surface area contributed by atoms with E-state index in [4.69, 9.17) is 25.5 Å². The molecule has 6 nitrogen and oxygen atoms in total. The summed E-state index contributed by atoms with van der Waals surface area (Å²) >= 11 is 6.22. The topological polar surface area (TPSA) is 69.0 Å². The third kappa shape index (κ3) is 3.52. The Hall–Kier alpha value is -3.77. The molecule has 4 aromatic rings. The Bertz CT molecular complexity index is 1440. The maximum absolute atomic E-state index is 13.3. The fraction of sp³-hybridized carbons (Fsp3) is 0.154. The lowest BCUT2D eigenvalue weighted by atomic mass is 9.98. The summed E-state index contributed by atoms with van der Waals surface area (Å²) < 4.78 is 17.3. The molecule has 0 saturated carbocycles. The maximum atomic E-state index is 13.3. The van der Waals surface area contributed by atoms with Gasteiger partial charge in [-0.05, 0) is 35.9 Å². The molecule has 0 spiro atoms. The Morgan fingerprint density at radius 2 is 1.76 bits per heavy atom. The highest BCUT2D eigenvalue weighted by Gasteiger charge is 2.40. The van der Waals surface area contributed by atoms with E-state index >= 15 is 0 Å². The van der Waals surface area contributed by atoms with Gasteiger partial charge in [-0.3, -0.25) is 9.59 Å². The van der Waals surface area contributed by atoms with Crippen LogP contribution in [0.25, 0.3) is 11.0 Å². The van der Waals surface area contributed by atoms with E-state index < -0.39 is 6.04 Å². The summed E-state index contributed by atoms with van der Waals surface area (Å²) in [6.45, 7) is 0.273. The molecular weight excluding hydrogens is 442 g/mol. The second-order valence-electron chi connectivity index (χ2n) is 7.78. The van der Waals surface area contributed by atoms with Crippen LogP contribution in [-0.2, 0) is 6.61 Å². The number of nitrogens with zero attached hydrogens (tertiary/aromatic N) is 1. The van der Waals surface area contributed by atoms with Gasteiger partial charge in [0.25, 0.3) is 5.91 Å². The van der Waals surface area contributed by atoms with Crippen LogP contribution in [0.5, 0.6) is 11.5 Å². The van der Waals surface area contributed by atoms with Gasteiger partial charge >= 0.3 is 0 Å². The molecule has 0 radical (unpaired) electrons. The van der Waals surface area contributed by atoms with E-state index in [2.05, 4.69) is 0 Å². The van der Waals surface area contributed by atoms with E-state index in [1.807, 2.05) is 24.3 Å². The monoisotopic (exact) mass is 461 g/mol. The van der Waals surface area contributed by atoms with Crippen LogP contribution in [-0.4, -0.2) is 25.0 Å². The number of carbonyl (C=O) groups is 1. The summed E-state index contributed by atoms with van der Waals surface area (Å²) in [7, 11) is 3.20. The smallest absolute Gasteiger partial charge is 0.290 e. The molecule has 5 rings (SSSR count). The zero-order valence-corrected chi connectivity index (χ0v) is 18.8. The maximum Gasteiger partial charge on any atom is 0.290 e. The van der Waals surface area contributed by atoms with Crippen molar-refractivity contribution in [3.05, 3.63) is 104 Å². The largest absolute Gasteiger partial charge is 0.493 e. The van der Waals surface area contributed by atoms with Crippen LogP contribution in [0.1, 0.15) is 33.3 Å². The number of hydrogen-bond acceptors (Lipinski definition) is 5. The second-order valence-corrected chi connectivity index (χ2v) is 8.19. The average Bonchev–Trinajstić information content (AvgIpc) is 3.09. The Morgan fingerprint density at radius 3 is 2.55 bits per heavy atom. The Labute approximate surface area is 194 Å². The highest BCUT2D eigenvalue weighted by Crippen LogP contribution is 2.40. The molecular formula is C26H20ClNO5. The molecule has 166 valence electrons. The van der Waals surface area contributed by atoms with Gasteiger partial charge in [0.2, 0.25) is 5.76 Å². The molecule has 7 heteroatoms. The number of methoxy groups -OCH3 is 1. The van der Waals surface area contributed by atoms with E-state index in [9.17, 15) is 9.59 Å². The second kappa shape index (κ2) is 8.30. The first kappa shape index (κ1) is 21.1. The molecule has 0 fully saturated rings. The fourth-order valence-corrected chi connectivity index (χ4v) is 4.36. The minimum atomic E-state index is -0.597. The predicted molar refractivity (Wildman–Crippen MR) is 125 cm³/mol. The van der Waals surface area contributed by atoms with E-state index in [0.29, 0.717) is 38.6 Å². The molecule has 33 heavy (non-hydrogen) atoms. The Balaban J connectivity index is 1.54. The molecule has 1 aliphatic rings. The van der Waals surface area contributed by atoms with Crippen molar-refractivity contribution in [2.45, 2.75) is 12.6 Å². The molecule has 2 heterocycles. The normalized spacial score (nSPS) is 15.1. The Morgan fingerprint density at radius 1 is 1.00 bits per heavy atom. The van der Waals surface area contributed by atoms with Crippen molar-refractivity contribution < 1.29 is 18.7 Å². The van der Waals surface area contributed by atoms with Gasteiger partial charge in [-0.1, -0.05) is 48.0 Å². The molecule has 1 aromatic heterocycles. The lowest BCUT2D eigenvalue weighted by molar-refractivity contribution is 0.0771. The standard InChI is InChI=1S/C26H20ClNO5/c1-28-23(22-24(29)17-8-4-6-10-19(17)33-25(22)26(28)30)15-11-12-20(21(13-15)31-2)32-14-16-7-3-5-9-18(16)27/h3-13,23H,14H2,1-2H3. The van der Waals surface area contributed by atoms with Crippen molar-refractivity contribution in [1.29, 1.82) is 0 Å².